The van der Waals surface area contributed by atoms with Crippen molar-refractivity contribution >= 4 is 59.6 Å². The maximum absolute atomic E-state index is 13.1. The third kappa shape index (κ3) is 3.71. The van der Waals surface area contributed by atoms with Crippen LogP contribution in [0, 0.1) is 26.7 Å². The highest BCUT2D eigenvalue weighted by Gasteiger charge is 2.22. The van der Waals surface area contributed by atoms with Crippen LogP contribution in [0.15, 0.2) is 23.0 Å². The average molecular weight is 424 g/mol. The van der Waals surface area contributed by atoms with Crippen LogP contribution in [0.25, 0.3) is 32.6 Å². The first-order chi connectivity index (χ1) is 13.3. The molecule has 4 aromatic rings. The zero-order valence-corrected chi connectivity index (χ0v) is 19.0. The number of hydrogen-bond acceptors (Lipinski definition) is 4. The van der Waals surface area contributed by atoms with Crippen molar-refractivity contribution in [2.45, 2.75) is 40.6 Å². The van der Waals surface area contributed by atoms with E-state index < -0.39 is 0 Å². The Labute approximate surface area is 182 Å². The SMILES string of the molecule is S.[B]C(Nc1c(-c2nc3ccc(C)cc3[nH]2)c(=O)[nH]c2c(C)c(C)sc12)C(C)C. The number of imidazole rings is 1. The van der Waals surface area contributed by atoms with Crippen molar-refractivity contribution in [3.05, 3.63) is 44.6 Å². The normalized spacial score (nSPS) is 12.5. The average Bonchev–Trinajstić information content (AvgIpc) is 3.16. The molecule has 3 heterocycles. The molecule has 0 saturated carbocycles. The van der Waals surface area contributed by atoms with Crippen LogP contribution in [-0.4, -0.2) is 28.7 Å². The number of H-pyrrole nitrogens is 2. The molecular weight excluding hydrogens is 399 g/mol. The van der Waals surface area contributed by atoms with Crippen molar-refractivity contribution < 1.29 is 0 Å². The highest BCUT2D eigenvalue weighted by atomic mass is 32.1. The molecule has 3 aromatic heterocycles. The number of pyridine rings is 1. The van der Waals surface area contributed by atoms with Gasteiger partial charge in [-0.25, -0.2) is 4.98 Å². The summed E-state index contributed by atoms with van der Waals surface area (Å²) >= 11 is 1.66. The lowest BCUT2D eigenvalue weighted by molar-refractivity contribution is 0.643. The summed E-state index contributed by atoms with van der Waals surface area (Å²) in [5.74, 6) is 0.478. The molecule has 0 saturated heterocycles. The Morgan fingerprint density at radius 3 is 2.59 bits per heavy atom. The molecule has 150 valence electrons. The van der Waals surface area contributed by atoms with E-state index in [0.29, 0.717) is 11.4 Å². The molecule has 1 unspecified atom stereocenters. The summed E-state index contributed by atoms with van der Waals surface area (Å²) in [5.41, 5.74) is 5.90. The van der Waals surface area contributed by atoms with Crippen molar-refractivity contribution in [1.82, 2.24) is 15.0 Å². The van der Waals surface area contributed by atoms with Crippen LogP contribution in [0.3, 0.4) is 0 Å². The summed E-state index contributed by atoms with van der Waals surface area (Å²) in [6.45, 7) is 10.2. The van der Waals surface area contributed by atoms with Gasteiger partial charge >= 0.3 is 0 Å². The quantitative estimate of drug-likeness (QED) is 0.415. The van der Waals surface area contributed by atoms with Crippen LogP contribution < -0.4 is 10.9 Å². The fraction of sp³-hybridized carbons (Fsp3) is 0.333. The van der Waals surface area contributed by atoms with Gasteiger partial charge in [-0.15, -0.1) is 11.3 Å². The fourth-order valence-electron chi connectivity index (χ4n) is 3.30. The first kappa shape index (κ1) is 21.5. The van der Waals surface area contributed by atoms with Crippen LogP contribution in [-0.2, 0) is 0 Å². The first-order valence-corrected chi connectivity index (χ1v) is 10.2. The molecule has 0 aliphatic heterocycles. The van der Waals surface area contributed by atoms with Crippen molar-refractivity contribution in [2.75, 3.05) is 5.32 Å². The lowest BCUT2D eigenvalue weighted by atomic mass is 9.85. The molecule has 0 bridgehead atoms. The molecule has 3 N–H and O–H groups in total. The molecule has 8 heteroatoms. The van der Waals surface area contributed by atoms with Gasteiger partial charge in [0.05, 0.1) is 34.8 Å². The van der Waals surface area contributed by atoms with Crippen LogP contribution in [0.1, 0.15) is 29.9 Å². The molecule has 0 aliphatic rings. The Kier molecular flexibility index (Phi) is 5.87. The number of aromatic nitrogens is 3. The Morgan fingerprint density at radius 1 is 1.17 bits per heavy atom. The summed E-state index contributed by atoms with van der Waals surface area (Å²) in [6, 6.07) is 6.01. The number of aromatic amines is 2. The second kappa shape index (κ2) is 7.92. The Bertz CT molecular complexity index is 1260. The molecule has 0 fully saturated rings. The first-order valence-electron chi connectivity index (χ1n) is 9.41. The van der Waals surface area contributed by atoms with E-state index in [0.717, 1.165) is 38.1 Å². The zero-order chi connectivity index (χ0) is 20.2. The van der Waals surface area contributed by atoms with Crippen LogP contribution >= 0.6 is 24.8 Å². The molecule has 2 radical (unpaired) electrons. The second-order valence-corrected chi connectivity index (χ2v) is 8.94. The van der Waals surface area contributed by atoms with E-state index in [2.05, 4.69) is 41.0 Å². The monoisotopic (exact) mass is 424 g/mol. The third-order valence-electron chi connectivity index (χ3n) is 5.23. The molecule has 0 amide bonds. The number of benzene rings is 1. The summed E-state index contributed by atoms with van der Waals surface area (Å²) in [6.07, 6.45) is 0. The number of hydrogen-bond donors (Lipinski definition) is 3. The second-order valence-electron chi connectivity index (χ2n) is 7.71. The smallest absolute Gasteiger partial charge is 0.261 e. The summed E-state index contributed by atoms with van der Waals surface area (Å²) in [4.78, 5) is 25.3. The fourth-order valence-corrected chi connectivity index (χ4v) is 4.43. The summed E-state index contributed by atoms with van der Waals surface area (Å²) in [5, 5.41) is 3.40. The zero-order valence-electron chi connectivity index (χ0n) is 17.2. The van der Waals surface area contributed by atoms with Gasteiger partial charge in [-0.2, -0.15) is 13.5 Å². The van der Waals surface area contributed by atoms with E-state index in [9.17, 15) is 4.79 Å². The number of fused-ring (bicyclic) bond motifs is 2. The van der Waals surface area contributed by atoms with Crippen molar-refractivity contribution in [3.63, 3.8) is 0 Å². The molecule has 29 heavy (non-hydrogen) atoms. The van der Waals surface area contributed by atoms with E-state index in [1.807, 2.05) is 32.0 Å². The minimum atomic E-state index is -0.280. The van der Waals surface area contributed by atoms with Crippen molar-refractivity contribution in [3.8, 4) is 11.4 Å². The number of aryl methyl sites for hydroxylation is 3. The topological polar surface area (TPSA) is 73.6 Å². The number of thiophene rings is 1. The van der Waals surface area contributed by atoms with Gasteiger partial charge in [-0.3, -0.25) is 4.79 Å². The lowest BCUT2D eigenvalue weighted by Crippen LogP contribution is -2.27. The predicted molar refractivity (Wildman–Crippen MR) is 130 cm³/mol. The maximum atomic E-state index is 13.1. The lowest BCUT2D eigenvalue weighted by Gasteiger charge is -2.21. The molecule has 1 atom stereocenters. The molecule has 1 aromatic carbocycles. The Hall–Kier alpha value is -2.19. The minimum absolute atomic E-state index is 0. The molecule has 4 rings (SSSR count). The Morgan fingerprint density at radius 2 is 1.90 bits per heavy atom. The molecular formula is C21H25BN4OS2. The largest absolute Gasteiger partial charge is 0.389 e. The number of rotatable bonds is 4. The van der Waals surface area contributed by atoms with Gasteiger partial charge < -0.3 is 15.3 Å². The van der Waals surface area contributed by atoms with Gasteiger partial charge in [0.2, 0.25) is 0 Å². The third-order valence-corrected chi connectivity index (χ3v) is 6.46. The van der Waals surface area contributed by atoms with E-state index >= 15 is 0 Å². The van der Waals surface area contributed by atoms with E-state index in [1.54, 1.807) is 11.3 Å². The van der Waals surface area contributed by atoms with Crippen LogP contribution in [0.5, 0.6) is 0 Å². The van der Waals surface area contributed by atoms with Crippen LogP contribution in [0.2, 0.25) is 0 Å². The van der Waals surface area contributed by atoms with Crippen LogP contribution in [0.4, 0.5) is 5.69 Å². The maximum Gasteiger partial charge on any atom is 0.261 e. The van der Waals surface area contributed by atoms with Gasteiger partial charge in [0.25, 0.3) is 5.56 Å². The van der Waals surface area contributed by atoms with Gasteiger partial charge in [-0.1, -0.05) is 19.9 Å². The van der Waals surface area contributed by atoms with Gasteiger partial charge in [-0.05, 0) is 55.9 Å². The van der Waals surface area contributed by atoms with E-state index in [4.69, 9.17) is 7.85 Å². The number of nitrogens with zero attached hydrogens (tertiary/aromatic N) is 1. The van der Waals surface area contributed by atoms with E-state index in [-0.39, 0.29) is 30.9 Å². The minimum Gasteiger partial charge on any atom is -0.389 e. The van der Waals surface area contributed by atoms with Crippen molar-refractivity contribution in [2.24, 2.45) is 5.92 Å². The molecule has 0 spiro atoms. The van der Waals surface area contributed by atoms with Gasteiger partial charge in [0.15, 0.2) is 0 Å². The molecule has 5 nitrogen and oxygen atoms in total. The summed E-state index contributed by atoms with van der Waals surface area (Å²) < 4.78 is 0.998. The predicted octanol–water partition coefficient (Wildman–Crippen LogP) is 4.73. The highest BCUT2D eigenvalue weighted by molar-refractivity contribution is 7.59. The number of nitrogens with one attached hydrogen (secondary N) is 3. The van der Waals surface area contributed by atoms with Gasteiger partial charge in [0, 0.05) is 4.88 Å². The van der Waals surface area contributed by atoms with Gasteiger partial charge in [0.1, 0.15) is 11.4 Å². The molecule has 0 aliphatic carbocycles. The highest BCUT2D eigenvalue weighted by Crippen LogP contribution is 2.38. The standard InChI is InChI=1S/C21H23BN4OS.H2S/c1-9(2)19(22)25-17-15(20-23-13-7-6-10(3)8-14(13)24-20)21(27)26-16-11(4)12(5)28-18(16)17;/h6-9,19H,1-5H3,(H,23,24)(H2,25,26,27);1H2. The Balaban J connectivity index is 0.00000240. The number of anilines is 1. The van der Waals surface area contributed by atoms with Crippen molar-refractivity contribution in [1.29, 1.82) is 0 Å². The van der Waals surface area contributed by atoms with E-state index in [1.165, 1.54) is 4.88 Å². The summed E-state index contributed by atoms with van der Waals surface area (Å²) in [7, 11) is 6.33.